The Balaban J connectivity index is 0.863. The molecule has 2 aliphatic heterocycles. The van der Waals surface area contributed by atoms with E-state index in [-0.39, 0.29) is 0 Å². The zero-order valence-electron chi connectivity index (χ0n) is 33.9. The van der Waals surface area contributed by atoms with E-state index in [1.807, 2.05) is 0 Å². The number of fused-ring (bicyclic) bond motifs is 12. The van der Waals surface area contributed by atoms with Crippen LogP contribution in [-0.2, 0) is 6.42 Å². The van der Waals surface area contributed by atoms with Crippen LogP contribution in [-0.4, -0.2) is 21.9 Å². The van der Waals surface area contributed by atoms with Crippen LogP contribution in [0.15, 0.2) is 161 Å². The molecule has 4 aromatic rings. The number of thioether (sulfide) groups is 1. The van der Waals surface area contributed by atoms with Gasteiger partial charge >= 0.3 is 0 Å². The molecule has 1 saturated heterocycles. The molecule has 9 aliphatic rings. The fraction of sp³-hybridized carbons (Fsp3) is 0.321. The molecule has 0 bridgehead atoms. The molecule has 1 saturated carbocycles. The first kappa shape index (κ1) is 34.8. The lowest BCUT2D eigenvalue weighted by Gasteiger charge is -2.37. The second-order valence-electron chi connectivity index (χ2n) is 18.5. The molecular formula is C56H52N2S. The van der Waals surface area contributed by atoms with Gasteiger partial charge in [-0.1, -0.05) is 115 Å². The van der Waals surface area contributed by atoms with E-state index in [2.05, 4.69) is 161 Å². The number of hydrogen-bond acceptors (Lipinski definition) is 2. The third-order valence-corrected chi connectivity index (χ3v) is 16.9. The summed E-state index contributed by atoms with van der Waals surface area (Å²) >= 11 is 2.12. The predicted octanol–water partition coefficient (Wildman–Crippen LogP) is 14.2. The van der Waals surface area contributed by atoms with Crippen LogP contribution in [0.4, 0.5) is 5.69 Å². The molecule has 0 N–H and O–H groups in total. The van der Waals surface area contributed by atoms with Gasteiger partial charge in [0.15, 0.2) is 0 Å². The minimum atomic E-state index is 0.370. The summed E-state index contributed by atoms with van der Waals surface area (Å²) in [5.74, 6) is 1.50. The van der Waals surface area contributed by atoms with Gasteiger partial charge in [-0.15, -0.1) is 11.8 Å². The molecule has 7 atom stereocenters. The van der Waals surface area contributed by atoms with Crippen molar-refractivity contribution in [3.63, 3.8) is 0 Å². The molecule has 3 heterocycles. The summed E-state index contributed by atoms with van der Waals surface area (Å²) in [4.78, 5) is 4.49. The average Bonchev–Trinajstić information content (AvgIpc) is 3.97. The topological polar surface area (TPSA) is 8.17 Å². The predicted molar refractivity (Wildman–Crippen MR) is 249 cm³/mol. The van der Waals surface area contributed by atoms with Crippen molar-refractivity contribution in [1.29, 1.82) is 0 Å². The Morgan fingerprint density at radius 2 is 1.53 bits per heavy atom. The van der Waals surface area contributed by atoms with Gasteiger partial charge in [0.05, 0.1) is 11.7 Å². The van der Waals surface area contributed by atoms with Gasteiger partial charge in [0.1, 0.15) is 0 Å². The Kier molecular flexibility index (Phi) is 8.14. The number of benzene rings is 3. The molecule has 0 spiro atoms. The highest BCUT2D eigenvalue weighted by Crippen LogP contribution is 2.58. The van der Waals surface area contributed by atoms with Crippen molar-refractivity contribution in [2.75, 3.05) is 4.90 Å². The quantitative estimate of drug-likeness (QED) is 0.191. The second-order valence-corrected chi connectivity index (χ2v) is 19.7. The molecule has 3 aromatic carbocycles. The maximum absolute atomic E-state index is 2.95. The molecule has 3 heteroatoms. The van der Waals surface area contributed by atoms with E-state index >= 15 is 0 Å². The minimum Gasteiger partial charge on any atom is -0.363 e. The number of aromatic nitrogens is 1. The van der Waals surface area contributed by atoms with E-state index in [1.165, 1.54) is 100.0 Å². The van der Waals surface area contributed by atoms with E-state index in [1.54, 1.807) is 27.8 Å². The Morgan fingerprint density at radius 1 is 0.644 bits per heavy atom. The standard InChI is InChI=1S/C56H52N2S/c1-2-12-35(13-3-1)43-28-31-53(56-55(43)46-18-8-11-21-54(46)59-56)58-50-20-10-7-17-45(50)48-34-38(25-30-52(48)58)37-24-29-51-47(33-37)44-16-6-9-19-49(44)57(51)40-26-27-42-39(32-40)23-22-36-14-4-5-15-41(36)42/h1-3,7-9,11-15,17-19,21,24,27-29,31-34,40,45-46,48,50,52,54H,4-6,10,16,20,22-23,25-26,30H2. The highest BCUT2D eigenvalue weighted by Gasteiger charge is 2.50. The first-order valence-electron chi connectivity index (χ1n) is 22.8. The molecule has 7 unspecified atom stereocenters. The summed E-state index contributed by atoms with van der Waals surface area (Å²) < 4.78 is 2.71. The van der Waals surface area contributed by atoms with Crippen LogP contribution < -0.4 is 4.90 Å². The molecule has 1 aromatic heterocycles. The highest BCUT2D eigenvalue weighted by molar-refractivity contribution is 8.00. The summed E-state index contributed by atoms with van der Waals surface area (Å²) in [7, 11) is 0. The van der Waals surface area contributed by atoms with Crippen LogP contribution in [0.2, 0.25) is 0 Å². The maximum Gasteiger partial charge on any atom is 0.0563 e. The Bertz CT molecular complexity index is 2720. The average molecular weight is 785 g/mol. The molecule has 0 radical (unpaired) electrons. The normalized spacial score (nSPS) is 29.6. The zero-order valence-corrected chi connectivity index (χ0v) is 34.7. The molecule has 7 aliphatic carbocycles. The number of hydrogen-bond donors (Lipinski definition) is 0. The van der Waals surface area contributed by atoms with Crippen molar-refractivity contribution in [3.05, 3.63) is 178 Å². The zero-order chi connectivity index (χ0) is 38.6. The van der Waals surface area contributed by atoms with Gasteiger partial charge < -0.3 is 9.47 Å². The van der Waals surface area contributed by atoms with Gasteiger partial charge in [0.2, 0.25) is 0 Å². The van der Waals surface area contributed by atoms with E-state index in [4.69, 9.17) is 0 Å². The molecule has 0 amide bonds. The Morgan fingerprint density at radius 3 is 2.49 bits per heavy atom. The van der Waals surface area contributed by atoms with Crippen LogP contribution in [0.3, 0.4) is 0 Å². The lowest BCUT2D eigenvalue weighted by Crippen LogP contribution is -2.39. The highest BCUT2D eigenvalue weighted by atomic mass is 32.2. The largest absolute Gasteiger partial charge is 0.363 e. The van der Waals surface area contributed by atoms with Crippen molar-refractivity contribution in [2.45, 2.75) is 105 Å². The smallest absolute Gasteiger partial charge is 0.0563 e. The van der Waals surface area contributed by atoms with E-state index in [0.717, 1.165) is 25.7 Å². The molecule has 292 valence electrons. The number of nitrogens with zero attached hydrogens (tertiary/aromatic N) is 2. The van der Waals surface area contributed by atoms with Gasteiger partial charge in [-0.05, 0) is 151 Å². The fourth-order valence-corrected chi connectivity index (χ4v) is 14.5. The summed E-state index contributed by atoms with van der Waals surface area (Å²) in [6, 6.07) is 25.1. The monoisotopic (exact) mass is 784 g/mol. The summed E-state index contributed by atoms with van der Waals surface area (Å²) in [5.41, 5.74) is 19.5. The van der Waals surface area contributed by atoms with Gasteiger partial charge in [-0.25, -0.2) is 0 Å². The molecular weight excluding hydrogens is 733 g/mol. The van der Waals surface area contributed by atoms with Gasteiger partial charge in [-0.2, -0.15) is 0 Å². The van der Waals surface area contributed by atoms with Crippen molar-refractivity contribution >= 4 is 40.0 Å². The van der Waals surface area contributed by atoms with Crippen molar-refractivity contribution < 1.29 is 0 Å². The van der Waals surface area contributed by atoms with Gasteiger partial charge in [-0.3, -0.25) is 0 Å². The first-order chi connectivity index (χ1) is 29.3. The van der Waals surface area contributed by atoms with Crippen LogP contribution in [0.5, 0.6) is 0 Å². The van der Waals surface area contributed by atoms with Crippen molar-refractivity contribution in [3.8, 4) is 11.1 Å². The van der Waals surface area contributed by atoms with Crippen molar-refractivity contribution in [1.82, 2.24) is 4.57 Å². The Hall–Kier alpha value is -4.99. The number of rotatable bonds is 4. The number of allylic oxidation sites excluding steroid dienone is 14. The fourth-order valence-electron chi connectivity index (χ4n) is 13.0. The lowest BCUT2D eigenvalue weighted by molar-refractivity contribution is 0.437. The lowest BCUT2D eigenvalue weighted by atomic mass is 9.75. The maximum atomic E-state index is 2.95. The Labute approximate surface area is 353 Å². The van der Waals surface area contributed by atoms with Crippen LogP contribution >= 0.6 is 11.8 Å². The summed E-state index contributed by atoms with van der Waals surface area (Å²) in [5, 5.41) is 1.96. The second kappa shape index (κ2) is 13.8. The van der Waals surface area contributed by atoms with Crippen LogP contribution in [0.1, 0.15) is 98.6 Å². The van der Waals surface area contributed by atoms with Gasteiger partial charge in [0.25, 0.3) is 0 Å². The molecule has 59 heavy (non-hydrogen) atoms. The summed E-state index contributed by atoms with van der Waals surface area (Å²) in [6.45, 7) is 0. The molecule has 13 rings (SSSR count). The van der Waals surface area contributed by atoms with E-state index < -0.39 is 0 Å². The third kappa shape index (κ3) is 5.39. The number of anilines is 1. The van der Waals surface area contributed by atoms with E-state index in [0.29, 0.717) is 41.1 Å². The van der Waals surface area contributed by atoms with Crippen molar-refractivity contribution in [2.24, 2.45) is 11.8 Å². The van der Waals surface area contributed by atoms with E-state index in [9.17, 15) is 0 Å². The minimum absolute atomic E-state index is 0.370. The molecule has 2 fully saturated rings. The molecule has 2 nitrogen and oxygen atoms in total. The van der Waals surface area contributed by atoms with Gasteiger partial charge in [0, 0.05) is 56.6 Å². The number of aryl methyl sites for hydroxylation is 1. The SMILES string of the molecule is C1=CC2Sc3c(N4C5CCC=CC5C5C=C(c6ccc7c(c6)c6c(n7C7C=C8CCC9=CCCC=C9C8=CC7)C=CCC6)CCC54)ccc(-c4ccccc4)c3C2C=C1. The third-order valence-electron chi connectivity index (χ3n) is 15.5. The van der Waals surface area contributed by atoms with Crippen LogP contribution in [0.25, 0.3) is 33.7 Å². The van der Waals surface area contributed by atoms with Crippen LogP contribution in [0, 0.1) is 11.8 Å². The summed E-state index contributed by atoms with van der Waals surface area (Å²) in [6.07, 6.45) is 45.3. The first-order valence-corrected chi connectivity index (χ1v) is 23.7.